The molecule has 0 aromatic carbocycles. The minimum absolute atomic E-state index is 0.0497. The van der Waals surface area contributed by atoms with Crippen molar-refractivity contribution in [2.24, 2.45) is 5.41 Å². The zero-order valence-electron chi connectivity index (χ0n) is 11.3. The molecule has 0 bridgehead atoms. The number of hydrogen-bond donors (Lipinski definition) is 1. The van der Waals surface area contributed by atoms with Crippen LogP contribution in [0, 0.1) is 5.41 Å². The Labute approximate surface area is 109 Å². The lowest BCUT2D eigenvalue weighted by Crippen LogP contribution is -2.41. The number of carboxylic acids is 1. The molecule has 0 spiro atoms. The SMILES string of the molecule is CC(C)(C)CCCS(=O)(=O)N1CCC[C@@H]1C(=O)O. The fourth-order valence-corrected chi connectivity index (χ4v) is 3.96. The molecule has 6 heteroatoms. The van der Waals surface area contributed by atoms with Gasteiger partial charge in [0.1, 0.15) is 6.04 Å². The van der Waals surface area contributed by atoms with Crippen LogP contribution in [0.2, 0.25) is 0 Å². The van der Waals surface area contributed by atoms with Crippen LogP contribution in [-0.2, 0) is 14.8 Å². The second kappa shape index (κ2) is 5.57. The Kier molecular flexibility index (Phi) is 4.78. The van der Waals surface area contributed by atoms with E-state index in [0.29, 0.717) is 25.8 Å². The molecule has 1 saturated heterocycles. The summed E-state index contributed by atoms with van der Waals surface area (Å²) in [5.41, 5.74) is 0.104. The van der Waals surface area contributed by atoms with E-state index in [1.165, 1.54) is 0 Å². The Balaban J connectivity index is 2.61. The van der Waals surface area contributed by atoms with Crippen molar-refractivity contribution in [3.05, 3.63) is 0 Å². The molecule has 0 saturated carbocycles. The molecule has 1 aliphatic rings. The fraction of sp³-hybridized carbons (Fsp3) is 0.917. The Morgan fingerprint density at radius 2 is 2.00 bits per heavy atom. The molecule has 0 amide bonds. The lowest BCUT2D eigenvalue weighted by atomic mass is 9.91. The van der Waals surface area contributed by atoms with Gasteiger partial charge in [-0.3, -0.25) is 4.79 Å². The number of hydrogen-bond acceptors (Lipinski definition) is 3. The number of carbonyl (C=O) groups is 1. The van der Waals surface area contributed by atoms with Crippen molar-refractivity contribution in [1.82, 2.24) is 4.31 Å². The summed E-state index contributed by atoms with van der Waals surface area (Å²) in [7, 11) is -3.42. The Bertz CT molecular complexity index is 397. The van der Waals surface area contributed by atoms with Gasteiger partial charge in [-0.1, -0.05) is 20.8 Å². The van der Waals surface area contributed by atoms with E-state index in [4.69, 9.17) is 5.11 Å². The summed E-state index contributed by atoms with van der Waals surface area (Å²) in [4.78, 5) is 11.0. The van der Waals surface area contributed by atoms with Crippen LogP contribution in [0.5, 0.6) is 0 Å². The molecule has 1 N–H and O–H groups in total. The van der Waals surface area contributed by atoms with Crippen LogP contribution in [0.3, 0.4) is 0 Å². The summed E-state index contributed by atoms with van der Waals surface area (Å²) in [5.74, 6) is -0.986. The molecule has 0 radical (unpaired) electrons. The average Bonchev–Trinajstić information content (AvgIpc) is 2.63. The van der Waals surface area contributed by atoms with Gasteiger partial charge in [-0.2, -0.15) is 4.31 Å². The monoisotopic (exact) mass is 277 g/mol. The Hall–Kier alpha value is -0.620. The van der Waals surface area contributed by atoms with Gasteiger partial charge in [0.25, 0.3) is 0 Å². The summed E-state index contributed by atoms with van der Waals surface area (Å²) >= 11 is 0. The van der Waals surface area contributed by atoms with Gasteiger partial charge in [0.15, 0.2) is 0 Å². The first-order chi connectivity index (χ1) is 8.13. The third-order valence-corrected chi connectivity index (χ3v) is 5.13. The standard InChI is InChI=1S/C12H23NO4S/c1-12(2,3)7-5-9-18(16,17)13-8-4-6-10(13)11(14)15/h10H,4-9H2,1-3H3,(H,14,15)/t10-/m1/s1. The maximum absolute atomic E-state index is 12.1. The molecule has 1 aliphatic heterocycles. The molecular formula is C12H23NO4S. The predicted molar refractivity (Wildman–Crippen MR) is 69.8 cm³/mol. The molecule has 106 valence electrons. The van der Waals surface area contributed by atoms with Gasteiger partial charge in [-0.15, -0.1) is 0 Å². The van der Waals surface area contributed by atoms with Crippen LogP contribution in [0.4, 0.5) is 0 Å². The van der Waals surface area contributed by atoms with E-state index < -0.39 is 22.0 Å². The topological polar surface area (TPSA) is 74.7 Å². The van der Waals surface area contributed by atoms with E-state index in [-0.39, 0.29) is 11.2 Å². The fourth-order valence-electron chi connectivity index (χ4n) is 2.22. The molecule has 0 aromatic rings. The number of sulfonamides is 1. The summed E-state index contributed by atoms with van der Waals surface area (Å²) in [6.45, 7) is 6.54. The van der Waals surface area contributed by atoms with E-state index in [0.717, 1.165) is 10.7 Å². The molecule has 0 unspecified atom stereocenters. The summed E-state index contributed by atoms with van der Waals surface area (Å²) in [6.07, 6.45) is 2.45. The maximum Gasteiger partial charge on any atom is 0.322 e. The summed E-state index contributed by atoms with van der Waals surface area (Å²) in [5, 5.41) is 9.00. The summed E-state index contributed by atoms with van der Waals surface area (Å²) in [6, 6.07) is -0.857. The minimum atomic E-state index is -3.42. The van der Waals surface area contributed by atoms with E-state index in [2.05, 4.69) is 20.8 Å². The first-order valence-electron chi connectivity index (χ1n) is 6.36. The molecule has 0 aromatic heterocycles. The highest BCUT2D eigenvalue weighted by molar-refractivity contribution is 7.89. The highest BCUT2D eigenvalue weighted by atomic mass is 32.2. The average molecular weight is 277 g/mol. The van der Waals surface area contributed by atoms with Gasteiger partial charge in [0.05, 0.1) is 5.75 Å². The zero-order valence-corrected chi connectivity index (χ0v) is 12.2. The van der Waals surface area contributed by atoms with Gasteiger partial charge in [0.2, 0.25) is 10.0 Å². The zero-order chi connectivity index (χ0) is 14.0. The number of nitrogens with zero attached hydrogens (tertiary/aromatic N) is 1. The second-order valence-corrected chi connectivity index (χ2v) is 8.13. The molecule has 1 atom stereocenters. The first-order valence-corrected chi connectivity index (χ1v) is 7.97. The van der Waals surface area contributed by atoms with Gasteiger partial charge >= 0.3 is 5.97 Å². The molecule has 18 heavy (non-hydrogen) atoms. The largest absolute Gasteiger partial charge is 0.480 e. The van der Waals surface area contributed by atoms with E-state index in [9.17, 15) is 13.2 Å². The van der Waals surface area contributed by atoms with Crippen molar-refractivity contribution in [3.63, 3.8) is 0 Å². The van der Waals surface area contributed by atoms with Crippen molar-refractivity contribution in [1.29, 1.82) is 0 Å². The van der Waals surface area contributed by atoms with Gasteiger partial charge in [-0.25, -0.2) is 8.42 Å². The number of carboxylic acid groups (broad SMARTS) is 1. The Morgan fingerprint density at radius 3 is 2.50 bits per heavy atom. The lowest BCUT2D eigenvalue weighted by molar-refractivity contribution is -0.140. The highest BCUT2D eigenvalue weighted by Gasteiger charge is 2.38. The minimum Gasteiger partial charge on any atom is -0.480 e. The molecule has 5 nitrogen and oxygen atoms in total. The molecule has 1 rings (SSSR count). The van der Waals surface area contributed by atoms with Crippen LogP contribution >= 0.6 is 0 Å². The highest BCUT2D eigenvalue weighted by Crippen LogP contribution is 2.25. The molecule has 1 fully saturated rings. The van der Waals surface area contributed by atoms with Gasteiger partial charge < -0.3 is 5.11 Å². The third kappa shape index (κ3) is 4.24. The van der Waals surface area contributed by atoms with Gasteiger partial charge in [0, 0.05) is 6.54 Å². The van der Waals surface area contributed by atoms with Gasteiger partial charge in [-0.05, 0) is 31.1 Å². The quantitative estimate of drug-likeness (QED) is 0.830. The second-order valence-electron chi connectivity index (χ2n) is 6.09. The number of aliphatic carboxylic acids is 1. The molecule has 1 heterocycles. The van der Waals surface area contributed by atoms with Crippen molar-refractivity contribution >= 4 is 16.0 Å². The third-order valence-electron chi connectivity index (χ3n) is 3.18. The van der Waals surface area contributed by atoms with E-state index in [1.54, 1.807) is 0 Å². The van der Waals surface area contributed by atoms with E-state index in [1.807, 2.05) is 0 Å². The van der Waals surface area contributed by atoms with Crippen LogP contribution < -0.4 is 0 Å². The Morgan fingerprint density at radius 1 is 1.39 bits per heavy atom. The van der Waals surface area contributed by atoms with Crippen molar-refractivity contribution < 1.29 is 18.3 Å². The van der Waals surface area contributed by atoms with Crippen LogP contribution in [0.15, 0.2) is 0 Å². The van der Waals surface area contributed by atoms with Crippen molar-refractivity contribution in [2.75, 3.05) is 12.3 Å². The molecular weight excluding hydrogens is 254 g/mol. The van der Waals surface area contributed by atoms with Crippen molar-refractivity contribution in [2.45, 2.75) is 52.5 Å². The van der Waals surface area contributed by atoms with E-state index >= 15 is 0 Å². The first kappa shape index (κ1) is 15.4. The maximum atomic E-state index is 12.1. The van der Waals surface area contributed by atoms with Crippen LogP contribution in [0.1, 0.15) is 46.5 Å². The summed E-state index contributed by atoms with van der Waals surface area (Å²) < 4.78 is 25.4. The normalized spacial score (nSPS) is 22.3. The van der Waals surface area contributed by atoms with Crippen LogP contribution in [0.25, 0.3) is 0 Å². The smallest absolute Gasteiger partial charge is 0.322 e. The molecule has 0 aliphatic carbocycles. The predicted octanol–water partition coefficient (Wildman–Crippen LogP) is 1.69. The lowest BCUT2D eigenvalue weighted by Gasteiger charge is -2.22. The van der Waals surface area contributed by atoms with Crippen molar-refractivity contribution in [3.8, 4) is 0 Å². The number of rotatable bonds is 5. The van der Waals surface area contributed by atoms with Crippen LogP contribution in [-0.4, -0.2) is 42.1 Å².